The zero-order chi connectivity index (χ0) is 22.2. The molecule has 6 rings (SSSR count). The first-order valence-corrected chi connectivity index (χ1v) is 11.0. The number of hydrogen-bond donors (Lipinski definition) is 0. The Balaban J connectivity index is 1.48. The van der Waals surface area contributed by atoms with Gasteiger partial charge in [0, 0.05) is 54.9 Å². The van der Waals surface area contributed by atoms with Crippen LogP contribution < -0.4 is 4.90 Å². The minimum absolute atomic E-state index is 0.691. The van der Waals surface area contributed by atoms with Gasteiger partial charge >= 0.3 is 0 Å². The van der Waals surface area contributed by atoms with Crippen molar-refractivity contribution >= 4 is 11.5 Å². The predicted molar refractivity (Wildman–Crippen MR) is 127 cm³/mol. The van der Waals surface area contributed by atoms with Crippen LogP contribution in [0, 0.1) is 6.92 Å². The monoisotopic (exact) mass is 437 g/mol. The number of aryl methyl sites for hydroxylation is 1. The third-order valence-electron chi connectivity index (χ3n) is 5.95. The maximum Gasteiger partial charge on any atom is 0.160 e. The zero-order valence-electron chi connectivity index (χ0n) is 18.3. The molecule has 1 aliphatic rings. The molecule has 164 valence electrons. The zero-order valence-corrected chi connectivity index (χ0v) is 18.3. The molecule has 0 amide bonds. The normalized spacial score (nSPS) is 14.2. The highest BCUT2D eigenvalue weighted by Crippen LogP contribution is 2.26. The summed E-state index contributed by atoms with van der Waals surface area (Å²) in [7, 11) is 0. The van der Waals surface area contributed by atoms with Gasteiger partial charge in [-0.25, -0.2) is 9.67 Å². The Morgan fingerprint density at radius 1 is 0.879 bits per heavy atom. The van der Waals surface area contributed by atoms with Crippen molar-refractivity contribution in [2.45, 2.75) is 6.92 Å². The van der Waals surface area contributed by atoms with Crippen molar-refractivity contribution in [1.82, 2.24) is 29.4 Å². The van der Waals surface area contributed by atoms with Crippen LogP contribution in [0.4, 0.5) is 5.82 Å². The summed E-state index contributed by atoms with van der Waals surface area (Å²) < 4.78 is 9.33. The molecule has 0 saturated carbocycles. The lowest BCUT2D eigenvalue weighted by Gasteiger charge is -2.29. The average Bonchev–Trinajstić information content (AvgIpc) is 3.52. The van der Waals surface area contributed by atoms with E-state index in [2.05, 4.69) is 35.0 Å². The molecule has 33 heavy (non-hydrogen) atoms. The summed E-state index contributed by atoms with van der Waals surface area (Å²) in [5.41, 5.74) is 5.87. The SMILES string of the molecule is Cc1ccccc1-c1ccn(-c2cc(N3CCOCC3)n3nc(-c4ccncc4)cc3n2)n1. The predicted octanol–water partition coefficient (Wildman–Crippen LogP) is 3.79. The number of fused-ring (bicyclic) bond motifs is 1. The van der Waals surface area contributed by atoms with Crippen LogP contribution in [0.2, 0.25) is 0 Å². The van der Waals surface area contributed by atoms with Crippen LogP contribution in [0.1, 0.15) is 5.56 Å². The highest BCUT2D eigenvalue weighted by molar-refractivity contribution is 5.67. The van der Waals surface area contributed by atoms with Gasteiger partial charge in [-0.3, -0.25) is 4.98 Å². The molecular weight excluding hydrogens is 414 g/mol. The molecule has 1 aliphatic heterocycles. The van der Waals surface area contributed by atoms with Crippen molar-refractivity contribution in [3.8, 4) is 28.3 Å². The molecule has 1 fully saturated rings. The molecule has 1 aromatic carbocycles. The molecule has 1 saturated heterocycles. The fourth-order valence-electron chi connectivity index (χ4n) is 4.20. The number of pyridine rings is 1. The van der Waals surface area contributed by atoms with Gasteiger partial charge in [-0.15, -0.1) is 0 Å². The number of aromatic nitrogens is 6. The molecule has 8 heteroatoms. The Bertz CT molecular complexity index is 1420. The van der Waals surface area contributed by atoms with Crippen LogP contribution in [0.5, 0.6) is 0 Å². The second kappa shape index (κ2) is 8.14. The smallest absolute Gasteiger partial charge is 0.160 e. The van der Waals surface area contributed by atoms with Crippen molar-refractivity contribution in [2.75, 3.05) is 31.2 Å². The molecular formula is C25H23N7O. The quantitative estimate of drug-likeness (QED) is 0.426. The van der Waals surface area contributed by atoms with Crippen LogP contribution in [0.3, 0.4) is 0 Å². The fourth-order valence-corrected chi connectivity index (χ4v) is 4.20. The van der Waals surface area contributed by atoms with E-state index in [1.807, 2.05) is 51.8 Å². The second-order valence-electron chi connectivity index (χ2n) is 8.07. The topological polar surface area (TPSA) is 73.4 Å². The molecule has 0 bridgehead atoms. The van der Waals surface area contributed by atoms with E-state index in [-0.39, 0.29) is 0 Å². The number of nitrogens with zero attached hydrogens (tertiary/aromatic N) is 7. The van der Waals surface area contributed by atoms with E-state index < -0.39 is 0 Å². The van der Waals surface area contributed by atoms with E-state index >= 15 is 0 Å². The maximum absolute atomic E-state index is 5.57. The van der Waals surface area contributed by atoms with E-state index in [9.17, 15) is 0 Å². The van der Waals surface area contributed by atoms with Crippen molar-refractivity contribution < 1.29 is 4.74 Å². The first kappa shape index (κ1) is 19.6. The Morgan fingerprint density at radius 2 is 1.70 bits per heavy atom. The summed E-state index contributed by atoms with van der Waals surface area (Å²) in [5.74, 6) is 1.73. The van der Waals surface area contributed by atoms with Gasteiger partial charge in [0.15, 0.2) is 11.5 Å². The van der Waals surface area contributed by atoms with E-state index in [4.69, 9.17) is 19.9 Å². The van der Waals surface area contributed by atoms with Gasteiger partial charge in [0.05, 0.1) is 24.6 Å². The molecule has 0 radical (unpaired) electrons. The second-order valence-corrected chi connectivity index (χ2v) is 8.07. The van der Waals surface area contributed by atoms with Gasteiger partial charge in [-0.05, 0) is 30.7 Å². The van der Waals surface area contributed by atoms with Gasteiger partial charge < -0.3 is 9.64 Å². The Kier molecular flexibility index (Phi) is 4.84. The van der Waals surface area contributed by atoms with Gasteiger partial charge in [0.2, 0.25) is 0 Å². The summed E-state index contributed by atoms with van der Waals surface area (Å²) in [6.07, 6.45) is 5.51. The third kappa shape index (κ3) is 3.64. The first-order valence-electron chi connectivity index (χ1n) is 11.0. The van der Waals surface area contributed by atoms with Crippen LogP contribution in [0.25, 0.3) is 34.0 Å². The molecule has 5 aromatic rings. The van der Waals surface area contributed by atoms with E-state index in [0.717, 1.165) is 52.9 Å². The summed E-state index contributed by atoms with van der Waals surface area (Å²) in [6, 6.07) is 18.3. The van der Waals surface area contributed by atoms with Crippen LogP contribution in [-0.2, 0) is 4.74 Å². The summed E-state index contributed by atoms with van der Waals surface area (Å²) in [5, 5.41) is 9.71. The third-order valence-corrected chi connectivity index (χ3v) is 5.95. The number of morpholine rings is 1. The molecule has 4 aromatic heterocycles. The van der Waals surface area contributed by atoms with Crippen LogP contribution >= 0.6 is 0 Å². The summed E-state index contributed by atoms with van der Waals surface area (Å²) in [6.45, 7) is 5.09. The average molecular weight is 438 g/mol. The summed E-state index contributed by atoms with van der Waals surface area (Å²) >= 11 is 0. The highest BCUT2D eigenvalue weighted by atomic mass is 16.5. The lowest BCUT2D eigenvalue weighted by molar-refractivity contribution is 0.122. The minimum Gasteiger partial charge on any atom is -0.378 e. The highest BCUT2D eigenvalue weighted by Gasteiger charge is 2.19. The van der Waals surface area contributed by atoms with Crippen molar-refractivity contribution in [2.24, 2.45) is 0 Å². The van der Waals surface area contributed by atoms with Crippen molar-refractivity contribution in [3.05, 3.63) is 78.8 Å². The van der Waals surface area contributed by atoms with Gasteiger partial charge in [-0.2, -0.15) is 14.7 Å². The van der Waals surface area contributed by atoms with Gasteiger partial charge in [0.25, 0.3) is 0 Å². The Morgan fingerprint density at radius 3 is 2.52 bits per heavy atom. The number of rotatable bonds is 4. The molecule has 0 aliphatic carbocycles. The minimum atomic E-state index is 0.691. The van der Waals surface area contributed by atoms with Crippen LogP contribution in [-0.4, -0.2) is 55.7 Å². The molecule has 5 heterocycles. The number of ether oxygens (including phenoxy) is 1. The Labute approximate surface area is 191 Å². The summed E-state index contributed by atoms with van der Waals surface area (Å²) in [4.78, 5) is 11.3. The molecule has 0 spiro atoms. The van der Waals surface area contributed by atoms with Crippen molar-refractivity contribution in [1.29, 1.82) is 0 Å². The lowest BCUT2D eigenvalue weighted by atomic mass is 10.1. The van der Waals surface area contributed by atoms with E-state index in [0.29, 0.717) is 13.2 Å². The van der Waals surface area contributed by atoms with E-state index in [1.54, 1.807) is 12.4 Å². The largest absolute Gasteiger partial charge is 0.378 e. The lowest BCUT2D eigenvalue weighted by Crippen LogP contribution is -2.37. The molecule has 8 nitrogen and oxygen atoms in total. The standard InChI is InChI=1S/C25H23N7O/c1-18-4-2-3-5-20(18)21-8-11-31(28-21)23-17-25(30-12-14-33-15-13-30)32-24(27-23)16-22(29-32)19-6-9-26-10-7-19/h2-11,16-17H,12-15H2,1H3. The molecule has 0 unspecified atom stereocenters. The number of benzene rings is 1. The Hall–Kier alpha value is -4.04. The van der Waals surface area contributed by atoms with Gasteiger partial charge in [0.1, 0.15) is 5.82 Å². The van der Waals surface area contributed by atoms with Crippen LogP contribution in [0.15, 0.2) is 73.2 Å². The molecule has 0 N–H and O–H groups in total. The number of anilines is 1. The number of hydrogen-bond acceptors (Lipinski definition) is 6. The maximum atomic E-state index is 5.57. The van der Waals surface area contributed by atoms with E-state index in [1.165, 1.54) is 5.56 Å². The van der Waals surface area contributed by atoms with Gasteiger partial charge in [-0.1, -0.05) is 24.3 Å². The first-order chi connectivity index (χ1) is 16.3. The molecule has 0 atom stereocenters. The fraction of sp³-hybridized carbons (Fsp3) is 0.200. The van der Waals surface area contributed by atoms with Crippen molar-refractivity contribution in [3.63, 3.8) is 0 Å².